The summed E-state index contributed by atoms with van der Waals surface area (Å²) in [5.41, 5.74) is 2.07. The number of aryl methyl sites for hydroxylation is 1. The Hall–Kier alpha value is -2.63. The van der Waals surface area contributed by atoms with E-state index in [1.165, 1.54) is 0 Å². The number of carbonyl (C=O) groups excluding carboxylic acids is 2. The molecule has 0 aliphatic carbocycles. The highest BCUT2D eigenvalue weighted by Gasteiger charge is 2.35. The molecule has 0 bridgehead atoms. The third-order valence-electron chi connectivity index (χ3n) is 3.92. The third kappa shape index (κ3) is 2.84. The molecular formula is C17H19N3O3. The Bertz CT molecular complexity index is 751. The Kier molecular flexibility index (Phi) is 4.14. The fraction of sp³-hybridized carbons (Fsp3) is 0.353. The number of aromatic amines is 1. The fourth-order valence-electron chi connectivity index (χ4n) is 2.85. The van der Waals surface area contributed by atoms with E-state index in [1.54, 1.807) is 18.2 Å². The number of carbonyl (C=O) groups is 2. The molecule has 0 fully saturated rings. The topological polar surface area (TPSA) is 84.1 Å². The first kappa shape index (κ1) is 15.3. The number of nitrogens with zero attached hydrogens (tertiary/aromatic N) is 1. The maximum Gasteiger partial charge on any atom is 0.226 e. The Morgan fingerprint density at radius 2 is 2.17 bits per heavy atom. The van der Waals surface area contributed by atoms with Gasteiger partial charge in [0.25, 0.3) is 0 Å². The number of nitrogens with one attached hydrogen (secondary N) is 2. The minimum Gasteiger partial charge on any atom is -0.493 e. The SMILES string of the molecule is CCCOc1ccccc1C(=O)C1CC(=O)Nc2n[nH]c(C)c21. The van der Waals surface area contributed by atoms with Crippen LogP contribution in [0.15, 0.2) is 24.3 Å². The summed E-state index contributed by atoms with van der Waals surface area (Å²) in [7, 11) is 0. The molecule has 1 atom stereocenters. The van der Waals surface area contributed by atoms with Gasteiger partial charge in [-0.2, -0.15) is 5.10 Å². The van der Waals surface area contributed by atoms with E-state index in [-0.39, 0.29) is 18.1 Å². The van der Waals surface area contributed by atoms with Gasteiger partial charge in [0, 0.05) is 17.7 Å². The van der Waals surface area contributed by atoms with E-state index < -0.39 is 5.92 Å². The molecule has 1 aromatic heterocycles. The lowest BCUT2D eigenvalue weighted by atomic mass is 9.85. The van der Waals surface area contributed by atoms with Gasteiger partial charge in [0.05, 0.1) is 18.1 Å². The Morgan fingerprint density at radius 1 is 1.39 bits per heavy atom. The van der Waals surface area contributed by atoms with E-state index in [1.807, 2.05) is 19.9 Å². The number of amides is 1. The smallest absolute Gasteiger partial charge is 0.226 e. The second kappa shape index (κ2) is 6.24. The quantitative estimate of drug-likeness (QED) is 0.831. The van der Waals surface area contributed by atoms with Crippen molar-refractivity contribution >= 4 is 17.5 Å². The van der Waals surface area contributed by atoms with Gasteiger partial charge in [-0.3, -0.25) is 14.7 Å². The van der Waals surface area contributed by atoms with Crippen LogP contribution in [0.1, 0.15) is 47.3 Å². The van der Waals surface area contributed by atoms with Crippen molar-refractivity contribution in [1.29, 1.82) is 0 Å². The van der Waals surface area contributed by atoms with Crippen molar-refractivity contribution in [3.8, 4) is 5.75 Å². The largest absolute Gasteiger partial charge is 0.493 e. The van der Waals surface area contributed by atoms with E-state index in [9.17, 15) is 9.59 Å². The summed E-state index contributed by atoms with van der Waals surface area (Å²) < 4.78 is 5.68. The lowest BCUT2D eigenvalue weighted by Crippen LogP contribution is -2.27. The van der Waals surface area contributed by atoms with Crippen molar-refractivity contribution in [2.45, 2.75) is 32.6 Å². The number of rotatable bonds is 5. The van der Waals surface area contributed by atoms with Gasteiger partial charge in [-0.1, -0.05) is 19.1 Å². The molecule has 2 N–H and O–H groups in total. The first-order valence-electron chi connectivity index (χ1n) is 7.72. The second-order valence-corrected chi connectivity index (χ2v) is 5.62. The standard InChI is InChI=1S/C17H19N3O3/c1-3-8-23-13-7-5-4-6-11(13)16(22)12-9-14(21)18-17-15(12)10(2)19-20-17/h4-7,12H,3,8-9H2,1-2H3,(H2,18,19,20,21). The molecule has 1 aliphatic rings. The number of hydrogen-bond donors (Lipinski definition) is 2. The van der Waals surface area contributed by atoms with Crippen LogP contribution >= 0.6 is 0 Å². The number of ether oxygens (including phenoxy) is 1. The summed E-state index contributed by atoms with van der Waals surface area (Å²) in [4.78, 5) is 24.9. The lowest BCUT2D eigenvalue weighted by Gasteiger charge is -2.22. The van der Waals surface area contributed by atoms with Crippen molar-refractivity contribution in [2.75, 3.05) is 11.9 Å². The summed E-state index contributed by atoms with van der Waals surface area (Å²) >= 11 is 0. The first-order valence-corrected chi connectivity index (χ1v) is 7.72. The maximum atomic E-state index is 13.0. The lowest BCUT2D eigenvalue weighted by molar-refractivity contribution is -0.116. The molecule has 0 saturated heterocycles. The van der Waals surface area contributed by atoms with Gasteiger partial charge in [-0.25, -0.2) is 0 Å². The predicted octanol–water partition coefficient (Wildman–Crippen LogP) is 2.82. The van der Waals surface area contributed by atoms with E-state index >= 15 is 0 Å². The highest BCUT2D eigenvalue weighted by molar-refractivity contribution is 6.09. The maximum absolute atomic E-state index is 13.0. The van der Waals surface area contributed by atoms with Gasteiger partial charge in [-0.15, -0.1) is 0 Å². The summed E-state index contributed by atoms with van der Waals surface area (Å²) in [5, 5.41) is 9.60. The number of ketones is 1. The highest BCUT2D eigenvalue weighted by atomic mass is 16.5. The van der Waals surface area contributed by atoms with Crippen LogP contribution in [0.5, 0.6) is 5.75 Å². The highest BCUT2D eigenvalue weighted by Crippen LogP contribution is 2.37. The normalized spacial score (nSPS) is 16.6. The molecule has 0 saturated carbocycles. The zero-order chi connectivity index (χ0) is 16.4. The van der Waals surface area contributed by atoms with Crippen LogP contribution in [-0.2, 0) is 4.79 Å². The monoisotopic (exact) mass is 313 g/mol. The van der Waals surface area contributed by atoms with Crippen LogP contribution in [0.2, 0.25) is 0 Å². The number of para-hydroxylation sites is 1. The zero-order valence-electron chi connectivity index (χ0n) is 13.2. The number of fused-ring (bicyclic) bond motifs is 1. The summed E-state index contributed by atoms with van der Waals surface area (Å²) in [6.07, 6.45) is 0.980. The van der Waals surface area contributed by atoms with E-state index in [0.29, 0.717) is 23.7 Å². The van der Waals surface area contributed by atoms with Crippen LogP contribution in [0.25, 0.3) is 0 Å². The number of Topliss-reactive ketones (excluding diaryl/α,β-unsaturated/α-hetero) is 1. The van der Waals surface area contributed by atoms with Gasteiger partial charge >= 0.3 is 0 Å². The summed E-state index contributed by atoms with van der Waals surface area (Å²) in [6.45, 7) is 4.41. The van der Waals surface area contributed by atoms with Crippen molar-refractivity contribution in [3.05, 3.63) is 41.1 Å². The molecule has 23 heavy (non-hydrogen) atoms. The van der Waals surface area contributed by atoms with Gasteiger partial charge < -0.3 is 10.1 Å². The van der Waals surface area contributed by atoms with E-state index in [2.05, 4.69) is 15.5 Å². The molecule has 1 aliphatic heterocycles. The molecule has 120 valence electrons. The molecule has 0 spiro atoms. The average molecular weight is 313 g/mol. The number of H-pyrrole nitrogens is 1. The van der Waals surface area contributed by atoms with Crippen molar-refractivity contribution in [1.82, 2.24) is 10.2 Å². The molecule has 0 radical (unpaired) electrons. The summed E-state index contributed by atoms with van der Waals surface area (Å²) in [6, 6.07) is 7.17. The van der Waals surface area contributed by atoms with Crippen LogP contribution in [0, 0.1) is 6.92 Å². The third-order valence-corrected chi connectivity index (χ3v) is 3.92. The molecule has 2 heterocycles. The van der Waals surface area contributed by atoms with Gasteiger partial charge in [-0.05, 0) is 25.5 Å². The van der Waals surface area contributed by atoms with Crippen molar-refractivity contribution in [3.63, 3.8) is 0 Å². The number of benzene rings is 1. The number of anilines is 1. The Labute approximate surface area is 134 Å². The van der Waals surface area contributed by atoms with Crippen LogP contribution in [0.3, 0.4) is 0 Å². The number of aromatic nitrogens is 2. The van der Waals surface area contributed by atoms with E-state index in [0.717, 1.165) is 17.7 Å². The molecule has 2 aromatic rings. The van der Waals surface area contributed by atoms with Crippen LogP contribution in [-0.4, -0.2) is 28.5 Å². The molecule has 6 nitrogen and oxygen atoms in total. The first-order chi connectivity index (χ1) is 11.1. The van der Waals surface area contributed by atoms with Gasteiger partial charge in [0.15, 0.2) is 11.6 Å². The molecule has 3 rings (SSSR count). The second-order valence-electron chi connectivity index (χ2n) is 5.62. The minimum absolute atomic E-state index is 0.114. The molecule has 6 heteroatoms. The van der Waals surface area contributed by atoms with Crippen LogP contribution < -0.4 is 10.1 Å². The average Bonchev–Trinajstić information content (AvgIpc) is 2.92. The Morgan fingerprint density at radius 3 is 2.96 bits per heavy atom. The van der Waals surface area contributed by atoms with Crippen LogP contribution in [0.4, 0.5) is 5.82 Å². The predicted molar refractivity (Wildman–Crippen MR) is 85.9 cm³/mol. The Balaban J connectivity index is 1.98. The molecule has 1 amide bonds. The van der Waals surface area contributed by atoms with Crippen molar-refractivity contribution < 1.29 is 14.3 Å². The molecule has 1 unspecified atom stereocenters. The van der Waals surface area contributed by atoms with Crippen molar-refractivity contribution in [2.24, 2.45) is 0 Å². The van der Waals surface area contributed by atoms with E-state index in [4.69, 9.17) is 4.74 Å². The van der Waals surface area contributed by atoms with Gasteiger partial charge in [0.2, 0.25) is 5.91 Å². The van der Waals surface area contributed by atoms with Gasteiger partial charge in [0.1, 0.15) is 5.75 Å². The summed E-state index contributed by atoms with van der Waals surface area (Å²) in [5.74, 6) is 0.160. The molecule has 1 aromatic carbocycles. The minimum atomic E-state index is -0.538. The number of hydrogen-bond acceptors (Lipinski definition) is 4. The fourth-order valence-corrected chi connectivity index (χ4v) is 2.85. The molecular weight excluding hydrogens is 294 g/mol. The zero-order valence-corrected chi connectivity index (χ0v) is 13.2.